The number of amides is 2. The summed E-state index contributed by atoms with van der Waals surface area (Å²) in [7, 11) is 0. The number of carbonyl (C=O) groups excluding carboxylic acids is 2. The van der Waals surface area contributed by atoms with Crippen LogP contribution in [0.5, 0.6) is 0 Å². The molecular weight excluding hydrogens is 390 g/mol. The van der Waals surface area contributed by atoms with Crippen LogP contribution < -0.4 is 0 Å². The number of nitrogens with zero attached hydrogens (tertiary/aromatic N) is 2. The molecule has 5 rings (SSSR count). The van der Waals surface area contributed by atoms with Gasteiger partial charge in [0.1, 0.15) is 17.9 Å². The molecule has 3 fully saturated rings. The summed E-state index contributed by atoms with van der Waals surface area (Å²) in [5.41, 5.74) is 0.150. The second-order valence-corrected chi connectivity index (χ2v) is 8.23. The smallest absolute Gasteiger partial charge is 0.257 e. The van der Waals surface area contributed by atoms with Gasteiger partial charge in [-0.15, -0.1) is 0 Å². The summed E-state index contributed by atoms with van der Waals surface area (Å²) in [6.45, 7) is 0.735. The lowest BCUT2D eigenvalue weighted by Crippen LogP contribution is -2.51. The van der Waals surface area contributed by atoms with Gasteiger partial charge in [-0.1, -0.05) is 18.2 Å². The predicted octanol–water partition coefficient (Wildman–Crippen LogP) is 3.66. The summed E-state index contributed by atoms with van der Waals surface area (Å²) >= 11 is 0. The van der Waals surface area contributed by atoms with Crippen molar-refractivity contribution >= 4 is 11.8 Å². The Morgan fingerprint density at radius 1 is 1.00 bits per heavy atom. The molecule has 0 N–H and O–H groups in total. The quantitative estimate of drug-likeness (QED) is 0.757. The first-order chi connectivity index (χ1) is 14.5. The Morgan fingerprint density at radius 2 is 1.70 bits per heavy atom. The van der Waals surface area contributed by atoms with Gasteiger partial charge >= 0.3 is 0 Å². The highest BCUT2D eigenvalue weighted by Crippen LogP contribution is 2.47. The summed E-state index contributed by atoms with van der Waals surface area (Å²) in [5.74, 6) is -1.08. The molecule has 0 radical (unpaired) electrons. The summed E-state index contributed by atoms with van der Waals surface area (Å²) < 4.78 is 33.4. The first-order valence-corrected chi connectivity index (χ1v) is 10.3. The molecule has 156 valence electrons. The van der Waals surface area contributed by atoms with E-state index in [4.69, 9.17) is 4.74 Å². The van der Waals surface area contributed by atoms with E-state index in [9.17, 15) is 18.4 Å². The highest BCUT2D eigenvalue weighted by atomic mass is 19.1. The molecule has 3 saturated heterocycles. The number of rotatable bonds is 2. The third-order valence-electron chi connectivity index (χ3n) is 6.48. The molecule has 3 aliphatic rings. The number of benzene rings is 2. The molecule has 3 aliphatic heterocycles. The van der Waals surface area contributed by atoms with Crippen LogP contribution in [0.1, 0.15) is 47.6 Å². The van der Waals surface area contributed by atoms with Crippen molar-refractivity contribution in [2.24, 2.45) is 0 Å². The number of fused-ring (bicyclic) bond motifs is 1. The van der Waals surface area contributed by atoms with Crippen molar-refractivity contribution in [1.82, 2.24) is 9.80 Å². The first-order valence-electron chi connectivity index (χ1n) is 10.3. The van der Waals surface area contributed by atoms with Gasteiger partial charge in [-0.25, -0.2) is 8.78 Å². The molecular formula is C23H22F2N2O3. The fourth-order valence-electron chi connectivity index (χ4n) is 4.96. The van der Waals surface area contributed by atoms with Crippen LogP contribution in [0.4, 0.5) is 8.78 Å². The first kappa shape index (κ1) is 19.2. The second-order valence-electron chi connectivity index (χ2n) is 8.23. The minimum Gasteiger partial charge on any atom is -0.342 e. The van der Waals surface area contributed by atoms with E-state index in [1.165, 1.54) is 30.3 Å². The number of likely N-dealkylation sites (tertiary alicyclic amines) is 1. The van der Waals surface area contributed by atoms with Crippen LogP contribution in [0.15, 0.2) is 48.5 Å². The molecule has 30 heavy (non-hydrogen) atoms. The van der Waals surface area contributed by atoms with Crippen molar-refractivity contribution < 1.29 is 23.1 Å². The number of hydrogen-bond acceptors (Lipinski definition) is 3. The molecule has 5 nitrogen and oxygen atoms in total. The molecule has 0 bridgehead atoms. The van der Waals surface area contributed by atoms with Crippen LogP contribution in [0.2, 0.25) is 0 Å². The maximum absolute atomic E-state index is 13.7. The lowest BCUT2D eigenvalue weighted by molar-refractivity contribution is -0.142. The van der Waals surface area contributed by atoms with Gasteiger partial charge in [0.15, 0.2) is 5.60 Å². The van der Waals surface area contributed by atoms with E-state index in [2.05, 4.69) is 0 Å². The Balaban J connectivity index is 1.31. The van der Waals surface area contributed by atoms with E-state index in [0.717, 1.165) is 12.0 Å². The molecule has 0 saturated carbocycles. The average molecular weight is 412 g/mol. The Hall–Kier alpha value is -2.80. The number of piperidine rings is 1. The summed E-state index contributed by atoms with van der Waals surface area (Å²) in [6, 6.07) is 11.8. The fraction of sp³-hybridized carbons (Fsp3) is 0.391. The SMILES string of the molecule is O=C(c1cccc(F)c1)N1CCC2(CC1)O[C@@H]1CC[C@@H](c3cccc(F)c3)N1C2=O. The van der Waals surface area contributed by atoms with E-state index in [1.807, 2.05) is 6.07 Å². The highest BCUT2D eigenvalue weighted by molar-refractivity contribution is 5.95. The summed E-state index contributed by atoms with van der Waals surface area (Å²) in [4.78, 5) is 29.5. The van der Waals surface area contributed by atoms with Gasteiger partial charge in [-0.2, -0.15) is 0 Å². The van der Waals surface area contributed by atoms with Crippen LogP contribution >= 0.6 is 0 Å². The van der Waals surface area contributed by atoms with Crippen LogP contribution in [-0.2, 0) is 9.53 Å². The van der Waals surface area contributed by atoms with Gasteiger partial charge in [0.05, 0.1) is 6.04 Å². The second kappa shape index (κ2) is 7.16. The minimum atomic E-state index is -0.935. The summed E-state index contributed by atoms with van der Waals surface area (Å²) in [6.07, 6.45) is 1.93. The molecule has 0 aromatic heterocycles. The third kappa shape index (κ3) is 3.08. The van der Waals surface area contributed by atoms with E-state index in [1.54, 1.807) is 21.9 Å². The Bertz CT molecular complexity index is 1000. The molecule has 2 aromatic rings. The van der Waals surface area contributed by atoms with Crippen LogP contribution in [0, 0.1) is 11.6 Å². The van der Waals surface area contributed by atoms with E-state index < -0.39 is 11.4 Å². The number of ether oxygens (including phenoxy) is 1. The molecule has 0 unspecified atom stereocenters. The molecule has 2 aromatic carbocycles. The largest absolute Gasteiger partial charge is 0.342 e. The molecule has 0 aliphatic carbocycles. The lowest BCUT2D eigenvalue weighted by atomic mass is 9.89. The van der Waals surface area contributed by atoms with E-state index in [-0.39, 0.29) is 29.9 Å². The van der Waals surface area contributed by atoms with Gasteiger partial charge in [0, 0.05) is 31.5 Å². The topological polar surface area (TPSA) is 49.9 Å². The third-order valence-corrected chi connectivity index (χ3v) is 6.48. The molecule has 7 heteroatoms. The van der Waals surface area contributed by atoms with Gasteiger partial charge in [0.25, 0.3) is 11.8 Å². The van der Waals surface area contributed by atoms with Gasteiger partial charge in [0.2, 0.25) is 0 Å². The number of hydrogen-bond donors (Lipinski definition) is 0. The fourth-order valence-corrected chi connectivity index (χ4v) is 4.96. The molecule has 2 atom stereocenters. The minimum absolute atomic E-state index is 0.0721. The Labute approximate surface area is 173 Å². The monoisotopic (exact) mass is 412 g/mol. The molecule has 1 spiro atoms. The van der Waals surface area contributed by atoms with Crippen LogP contribution in [-0.4, -0.2) is 46.5 Å². The lowest BCUT2D eigenvalue weighted by Gasteiger charge is -2.37. The summed E-state index contributed by atoms with van der Waals surface area (Å²) in [5, 5.41) is 0. The maximum atomic E-state index is 13.7. The van der Waals surface area contributed by atoms with Gasteiger partial charge in [-0.3, -0.25) is 9.59 Å². The van der Waals surface area contributed by atoms with Crippen molar-refractivity contribution in [2.45, 2.75) is 43.6 Å². The Kier molecular flexibility index (Phi) is 4.58. The van der Waals surface area contributed by atoms with Crippen molar-refractivity contribution in [3.05, 3.63) is 71.3 Å². The van der Waals surface area contributed by atoms with Crippen LogP contribution in [0.3, 0.4) is 0 Å². The van der Waals surface area contributed by atoms with Crippen LogP contribution in [0.25, 0.3) is 0 Å². The van der Waals surface area contributed by atoms with Crippen molar-refractivity contribution in [3.63, 3.8) is 0 Å². The number of carbonyl (C=O) groups is 2. The highest BCUT2D eigenvalue weighted by Gasteiger charge is 2.58. The van der Waals surface area contributed by atoms with Crippen molar-refractivity contribution in [1.29, 1.82) is 0 Å². The number of halogens is 2. The van der Waals surface area contributed by atoms with E-state index in [0.29, 0.717) is 37.9 Å². The van der Waals surface area contributed by atoms with Crippen molar-refractivity contribution in [3.8, 4) is 0 Å². The maximum Gasteiger partial charge on any atom is 0.257 e. The zero-order valence-corrected chi connectivity index (χ0v) is 16.4. The van der Waals surface area contributed by atoms with Gasteiger partial charge < -0.3 is 14.5 Å². The Morgan fingerprint density at radius 3 is 2.40 bits per heavy atom. The molecule has 2 amide bonds. The normalized spacial score (nSPS) is 25.1. The van der Waals surface area contributed by atoms with Crippen molar-refractivity contribution in [2.75, 3.05) is 13.1 Å². The van der Waals surface area contributed by atoms with E-state index >= 15 is 0 Å². The average Bonchev–Trinajstić information content (AvgIpc) is 3.26. The molecule has 3 heterocycles. The van der Waals surface area contributed by atoms with Gasteiger partial charge in [-0.05, 0) is 48.7 Å². The zero-order valence-electron chi connectivity index (χ0n) is 16.4. The zero-order chi connectivity index (χ0) is 20.9. The standard InChI is InChI=1S/C23H22F2N2O3/c24-17-5-1-3-15(13-17)19-7-8-20-27(19)22(29)23(30-20)9-11-26(12-10-23)21(28)16-4-2-6-18(25)14-16/h1-6,13-14,19-20H,7-12H2/t19-,20+/m0/s1. The predicted molar refractivity (Wildman–Crippen MR) is 104 cm³/mol.